The Bertz CT molecular complexity index is 1660. The number of hydrogen-bond acceptors (Lipinski definition) is 9. The van der Waals surface area contributed by atoms with Crippen LogP contribution in [0.3, 0.4) is 0 Å². The lowest BCUT2D eigenvalue weighted by Gasteiger charge is -2.20. The smallest absolute Gasteiger partial charge is 0.308 e. The minimum Gasteiger partial charge on any atom is -0.470 e. The van der Waals surface area contributed by atoms with E-state index in [9.17, 15) is 9.59 Å². The van der Waals surface area contributed by atoms with Crippen LogP contribution >= 0.6 is 11.6 Å². The number of ether oxygens (including phenoxy) is 6. The van der Waals surface area contributed by atoms with Gasteiger partial charge in [0.05, 0.1) is 46.8 Å². The van der Waals surface area contributed by atoms with Crippen molar-refractivity contribution >= 4 is 42.6 Å². The number of benzene rings is 1. The van der Waals surface area contributed by atoms with Crippen LogP contribution in [-0.2, 0) is 45.4 Å². The molecule has 10 nitrogen and oxygen atoms in total. The summed E-state index contributed by atoms with van der Waals surface area (Å²) in [6, 6.07) is 13.1. The van der Waals surface area contributed by atoms with Crippen molar-refractivity contribution in [3.05, 3.63) is 47.0 Å². The molecule has 2 aliphatic heterocycles. The molecule has 1 aromatic carbocycles. The second-order valence-corrected chi connectivity index (χ2v) is 21.5. The molecule has 3 fully saturated rings. The molecule has 0 unspecified atom stereocenters. The van der Waals surface area contributed by atoms with Crippen molar-refractivity contribution in [3.8, 4) is 17.1 Å². The molecule has 3 aliphatic rings. The number of hydrogen-bond donors (Lipinski definition) is 0. The van der Waals surface area contributed by atoms with Crippen molar-refractivity contribution in [1.82, 2.24) is 9.55 Å². The molecule has 1 aliphatic carbocycles. The summed E-state index contributed by atoms with van der Waals surface area (Å²) in [5.74, 6) is -0.248. The summed E-state index contributed by atoms with van der Waals surface area (Å²) in [4.78, 5) is 29.4. The molecule has 266 valence electrons. The van der Waals surface area contributed by atoms with Gasteiger partial charge in [0, 0.05) is 31.7 Å². The lowest BCUT2D eigenvalue weighted by Crippen LogP contribution is -2.37. The second-order valence-electron chi connectivity index (χ2n) is 15.5. The Morgan fingerprint density at radius 1 is 0.980 bits per heavy atom. The SMILES string of the molecule is CC(C)C(=O)OCC1(c2ccc(-c3nc4cc(O[C@@H]5CO[C@@H]6[C@@H]5OC[C@H]6OC(=O)C(C)C)n(COCC[Si](C)(C)C)c4cc3Cl)cc2)CC1. The molecular weight excluding hydrogens is 664 g/mol. The Balaban J connectivity index is 1.23. The van der Waals surface area contributed by atoms with E-state index in [2.05, 4.69) is 31.8 Å². The summed E-state index contributed by atoms with van der Waals surface area (Å²) in [5, 5.41) is 0.512. The lowest BCUT2D eigenvalue weighted by atomic mass is 9.95. The first-order valence-electron chi connectivity index (χ1n) is 17.4. The van der Waals surface area contributed by atoms with Crippen molar-refractivity contribution in [2.24, 2.45) is 11.8 Å². The predicted octanol–water partition coefficient (Wildman–Crippen LogP) is 7.01. The van der Waals surface area contributed by atoms with Crippen molar-refractivity contribution in [3.63, 3.8) is 0 Å². The topological polar surface area (TPSA) is 107 Å². The Morgan fingerprint density at radius 3 is 2.27 bits per heavy atom. The summed E-state index contributed by atoms with van der Waals surface area (Å²) in [6.07, 6.45) is 0.331. The number of nitrogens with zero attached hydrogens (tertiary/aromatic N) is 2. The Kier molecular flexibility index (Phi) is 10.5. The molecule has 0 spiro atoms. The summed E-state index contributed by atoms with van der Waals surface area (Å²) in [5.41, 5.74) is 4.10. The highest BCUT2D eigenvalue weighted by Crippen LogP contribution is 2.49. The first-order chi connectivity index (χ1) is 23.2. The maximum atomic E-state index is 12.3. The van der Waals surface area contributed by atoms with Crippen LogP contribution in [0, 0.1) is 11.8 Å². The summed E-state index contributed by atoms with van der Waals surface area (Å²) < 4.78 is 38.1. The molecule has 4 atom stereocenters. The standard InChI is InChI=1S/C37H49ClN2O8Si/c1-22(2)35(41)46-20-37(12-13-37)25-10-8-24(9-11-25)32-26(38)16-28-27(39-32)17-31(40(28)21-43-14-15-49(5,6)7)47-29-18-44-34-30(19-45-33(29)34)48-36(42)23(3)4/h8-11,16-17,22-23,29-30,33-34H,12-15,18-21H2,1-7H3/t29-,30-,33-,34+/m1/s1. The number of aromatic nitrogens is 2. The zero-order chi connectivity index (χ0) is 35.1. The summed E-state index contributed by atoms with van der Waals surface area (Å²) in [6.45, 7) is 16.2. The monoisotopic (exact) mass is 712 g/mol. The second kappa shape index (κ2) is 14.3. The highest BCUT2D eigenvalue weighted by Gasteiger charge is 2.51. The van der Waals surface area contributed by atoms with Gasteiger partial charge in [-0.3, -0.25) is 14.2 Å². The minimum atomic E-state index is -1.29. The van der Waals surface area contributed by atoms with Gasteiger partial charge < -0.3 is 28.4 Å². The predicted molar refractivity (Wildman–Crippen MR) is 190 cm³/mol. The highest BCUT2D eigenvalue weighted by atomic mass is 35.5. The summed E-state index contributed by atoms with van der Waals surface area (Å²) >= 11 is 6.93. The minimum absolute atomic E-state index is 0.120. The van der Waals surface area contributed by atoms with E-state index >= 15 is 0 Å². The molecule has 0 bridgehead atoms. The fraction of sp³-hybridized carbons (Fsp3) is 0.595. The first kappa shape index (κ1) is 35.8. The molecule has 6 rings (SSSR count). The number of halogens is 1. The fourth-order valence-electron chi connectivity index (χ4n) is 6.19. The molecule has 2 aromatic heterocycles. The van der Waals surface area contributed by atoms with Gasteiger partial charge in [-0.15, -0.1) is 0 Å². The fourth-order valence-corrected chi connectivity index (χ4v) is 7.20. The number of pyridine rings is 1. The van der Waals surface area contributed by atoms with Crippen LogP contribution < -0.4 is 4.74 Å². The van der Waals surface area contributed by atoms with E-state index < -0.39 is 26.4 Å². The van der Waals surface area contributed by atoms with E-state index in [-0.39, 0.29) is 48.6 Å². The molecule has 0 N–H and O–H groups in total. The van der Waals surface area contributed by atoms with Crippen LogP contribution in [0.4, 0.5) is 0 Å². The van der Waals surface area contributed by atoms with E-state index in [0.717, 1.165) is 41.0 Å². The Morgan fingerprint density at radius 2 is 1.63 bits per heavy atom. The quantitative estimate of drug-likeness (QED) is 0.0991. The van der Waals surface area contributed by atoms with Gasteiger partial charge in [0.2, 0.25) is 0 Å². The van der Waals surface area contributed by atoms with Gasteiger partial charge >= 0.3 is 11.9 Å². The van der Waals surface area contributed by atoms with Gasteiger partial charge in [0.15, 0.2) is 18.1 Å². The molecule has 2 saturated heterocycles. The van der Waals surface area contributed by atoms with E-state index in [1.807, 2.05) is 42.7 Å². The lowest BCUT2D eigenvalue weighted by molar-refractivity contribution is -0.157. The van der Waals surface area contributed by atoms with Crippen LogP contribution in [0.1, 0.15) is 46.1 Å². The number of esters is 2. The van der Waals surface area contributed by atoms with Gasteiger partial charge in [-0.1, -0.05) is 83.2 Å². The summed E-state index contributed by atoms with van der Waals surface area (Å²) in [7, 11) is -1.29. The third kappa shape index (κ3) is 8.01. The average molecular weight is 713 g/mol. The molecule has 0 radical (unpaired) electrons. The zero-order valence-corrected chi connectivity index (χ0v) is 31.4. The van der Waals surface area contributed by atoms with Crippen molar-refractivity contribution in [2.45, 2.75) is 103 Å². The van der Waals surface area contributed by atoms with Crippen molar-refractivity contribution in [2.75, 3.05) is 26.4 Å². The molecule has 4 heterocycles. The number of fused-ring (bicyclic) bond motifs is 2. The zero-order valence-electron chi connectivity index (χ0n) is 29.6. The largest absolute Gasteiger partial charge is 0.470 e. The first-order valence-corrected chi connectivity index (χ1v) is 21.5. The molecule has 1 saturated carbocycles. The van der Waals surface area contributed by atoms with E-state index in [4.69, 9.17) is 45.0 Å². The third-order valence-electron chi connectivity index (χ3n) is 9.58. The van der Waals surface area contributed by atoms with E-state index in [1.54, 1.807) is 13.8 Å². The van der Waals surface area contributed by atoms with Crippen LogP contribution in [0.2, 0.25) is 30.7 Å². The van der Waals surface area contributed by atoms with Crippen molar-refractivity contribution < 1.29 is 38.0 Å². The molecule has 12 heteroatoms. The molecule has 49 heavy (non-hydrogen) atoms. The maximum Gasteiger partial charge on any atom is 0.308 e. The van der Waals surface area contributed by atoms with Crippen molar-refractivity contribution in [1.29, 1.82) is 0 Å². The van der Waals surface area contributed by atoms with Gasteiger partial charge in [0.25, 0.3) is 0 Å². The van der Waals surface area contributed by atoms with Gasteiger partial charge in [-0.2, -0.15) is 0 Å². The Hall–Kier alpha value is -2.96. The van der Waals surface area contributed by atoms with Gasteiger partial charge in [-0.25, -0.2) is 4.98 Å². The van der Waals surface area contributed by atoms with E-state index in [1.165, 1.54) is 0 Å². The number of carbonyl (C=O) groups is 2. The molecule has 0 amide bonds. The van der Waals surface area contributed by atoms with Crippen LogP contribution in [0.25, 0.3) is 22.3 Å². The Labute approximate surface area is 294 Å². The van der Waals surface area contributed by atoms with E-state index in [0.29, 0.717) is 36.4 Å². The molecule has 3 aromatic rings. The molecular formula is C37H49ClN2O8Si. The van der Waals surface area contributed by atoms with Gasteiger partial charge in [0.1, 0.15) is 25.5 Å². The average Bonchev–Trinajstić information content (AvgIpc) is 3.41. The van der Waals surface area contributed by atoms with Gasteiger partial charge in [-0.05, 0) is 30.5 Å². The number of rotatable bonds is 14. The van der Waals surface area contributed by atoms with Crippen LogP contribution in [-0.4, -0.2) is 80.4 Å². The number of carbonyl (C=O) groups excluding carboxylic acids is 2. The van der Waals surface area contributed by atoms with Crippen LogP contribution in [0.15, 0.2) is 36.4 Å². The maximum absolute atomic E-state index is 12.3. The van der Waals surface area contributed by atoms with Crippen LogP contribution in [0.5, 0.6) is 5.88 Å². The normalized spacial score (nSPS) is 22.9. The highest BCUT2D eigenvalue weighted by molar-refractivity contribution is 6.76. The third-order valence-corrected chi connectivity index (χ3v) is 11.6.